The van der Waals surface area contributed by atoms with E-state index in [1.807, 2.05) is 11.6 Å². The smallest absolute Gasteiger partial charge is 0.149 e. The Labute approximate surface area is 116 Å². The summed E-state index contributed by atoms with van der Waals surface area (Å²) in [5.74, 6) is 0.997. The Hall–Kier alpha value is -0.940. The highest BCUT2D eigenvalue weighted by Gasteiger charge is 2.24. The van der Waals surface area contributed by atoms with Crippen LogP contribution in [-0.2, 0) is 7.05 Å². The van der Waals surface area contributed by atoms with Gasteiger partial charge in [-0.05, 0) is 38.3 Å². The first kappa shape index (κ1) is 14.5. The Kier molecular flexibility index (Phi) is 4.58. The number of rotatable bonds is 6. The lowest BCUT2D eigenvalue weighted by molar-refractivity contribution is 0.199. The molecular weight excluding hydrogens is 238 g/mol. The maximum absolute atomic E-state index is 4.16. The van der Waals surface area contributed by atoms with E-state index in [1.165, 1.54) is 32.5 Å². The molecule has 0 spiro atoms. The highest BCUT2D eigenvalue weighted by atomic mass is 15.3. The summed E-state index contributed by atoms with van der Waals surface area (Å²) in [6.07, 6.45) is 4.47. The molecule has 1 aromatic heterocycles. The minimum atomic E-state index is 0.241. The summed E-state index contributed by atoms with van der Waals surface area (Å²) in [7, 11) is 1.99. The van der Waals surface area contributed by atoms with Crippen LogP contribution in [-0.4, -0.2) is 45.8 Å². The topological polar surface area (TPSA) is 46.0 Å². The van der Waals surface area contributed by atoms with Crippen molar-refractivity contribution in [1.82, 2.24) is 25.0 Å². The van der Waals surface area contributed by atoms with Crippen LogP contribution >= 0.6 is 0 Å². The van der Waals surface area contributed by atoms with E-state index < -0.39 is 0 Å². The maximum atomic E-state index is 4.16. The molecule has 5 heteroatoms. The summed E-state index contributed by atoms with van der Waals surface area (Å²) in [5.41, 5.74) is 0.289. The van der Waals surface area contributed by atoms with Crippen molar-refractivity contribution in [2.24, 2.45) is 12.5 Å². The Bertz CT molecular complexity index is 392. The van der Waals surface area contributed by atoms with E-state index in [0.717, 1.165) is 12.4 Å². The van der Waals surface area contributed by atoms with Gasteiger partial charge in [0.1, 0.15) is 12.2 Å². The first-order valence-corrected chi connectivity index (χ1v) is 7.27. The van der Waals surface area contributed by atoms with Crippen LogP contribution in [0.3, 0.4) is 0 Å². The standard InChI is InChI=1S/C14H27N5/c1-12(13-17-16-11-18(13)4)15-9-14(2,3)10-19-7-5-6-8-19/h11-12,15H,5-10H2,1-4H3. The minimum Gasteiger partial charge on any atom is -0.319 e. The molecule has 0 radical (unpaired) electrons. The van der Waals surface area contributed by atoms with Gasteiger partial charge in [-0.15, -0.1) is 10.2 Å². The number of hydrogen-bond acceptors (Lipinski definition) is 4. The summed E-state index contributed by atoms with van der Waals surface area (Å²) in [6, 6.07) is 0.241. The van der Waals surface area contributed by atoms with Crippen LogP contribution in [0.15, 0.2) is 6.33 Å². The summed E-state index contributed by atoms with van der Waals surface area (Å²) >= 11 is 0. The number of likely N-dealkylation sites (tertiary alicyclic amines) is 1. The van der Waals surface area contributed by atoms with Crippen molar-refractivity contribution in [1.29, 1.82) is 0 Å². The van der Waals surface area contributed by atoms with Crippen molar-refractivity contribution in [3.63, 3.8) is 0 Å². The zero-order chi connectivity index (χ0) is 13.9. The zero-order valence-electron chi connectivity index (χ0n) is 12.7. The van der Waals surface area contributed by atoms with Gasteiger partial charge in [0.2, 0.25) is 0 Å². The van der Waals surface area contributed by atoms with Gasteiger partial charge >= 0.3 is 0 Å². The number of nitrogens with zero attached hydrogens (tertiary/aromatic N) is 4. The molecule has 1 aliphatic heterocycles. The van der Waals surface area contributed by atoms with E-state index in [0.29, 0.717) is 0 Å². The van der Waals surface area contributed by atoms with E-state index in [-0.39, 0.29) is 11.5 Å². The molecular formula is C14H27N5. The first-order chi connectivity index (χ1) is 8.98. The first-order valence-electron chi connectivity index (χ1n) is 7.27. The number of aryl methyl sites for hydroxylation is 1. The Morgan fingerprint density at radius 3 is 2.63 bits per heavy atom. The third-order valence-electron chi connectivity index (χ3n) is 3.87. The molecule has 0 amide bonds. The van der Waals surface area contributed by atoms with Crippen molar-refractivity contribution in [2.45, 2.75) is 39.7 Å². The fraction of sp³-hybridized carbons (Fsp3) is 0.857. The van der Waals surface area contributed by atoms with E-state index in [4.69, 9.17) is 0 Å². The molecule has 0 saturated carbocycles. The van der Waals surface area contributed by atoms with Gasteiger partial charge in [-0.1, -0.05) is 13.8 Å². The summed E-state index contributed by atoms with van der Waals surface area (Å²) < 4.78 is 1.98. The van der Waals surface area contributed by atoms with Crippen molar-refractivity contribution in [3.8, 4) is 0 Å². The summed E-state index contributed by atoms with van der Waals surface area (Å²) in [5, 5.41) is 11.7. The van der Waals surface area contributed by atoms with Crippen LogP contribution in [0.1, 0.15) is 45.5 Å². The van der Waals surface area contributed by atoms with Gasteiger partial charge in [-0.25, -0.2) is 0 Å². The van der Waals surface area contributed by atoms with Crippen LogP contribution < -0.4 is 5.32 Å². The predicted octanol–water partition coefficient (Wildman–Crippen LogP) is 1.59. The fourth-order valence-electron chi connectivity index (χ4n) is 2.81. The van der Waals surface area contributed by atoms with Crippen molar-refractivity contribution in [2.75, 3.05) is 26.2 Å². The third-order valence-corrected chi connectivity index (χ3v) is 3.87. The van der Waals surface area contributed by atoms with Crippen LogP contribution in [0.2, 0.25) is 0 Å². The molecule has 5 nitrogen and oxygen atoms in total. The van der Waals surface area contributed by atoms with Gasteiger partial charge in [0.15, 0.2) is 0 Å². The van der Waals surface area contributed by atoms with Gasteiger partial charge < -0.3 is 14.8 Å². The van der Waals surface area contributed by atoms with Gasteiger partial charge in [0.25, 0.3) is 0 Å². The molecule has 19 heavy (non-hydrogen) atoms. The molecule has 2 heterocycles. The minimum absolute atomic E-state index is 0.241. The lowest BCUT2D eigenvalue weighted by Gasteiger charge is -2.31. The molecule has 108 valence electrons. The van der Waals surface area contributed by atoms with E-state index >= 15 is 0 Å². The van der Waals surface area contributed by atoms with E-state index in [1.54, 1.807) is 6.33 Å². The van der Waals surface area contributed by atoms with Crippen LogP contribution in [0.25, 0.3) is 0 Å². The number of aromatic nitrogens is 3. The third kappa shape index (κ3) is 4.01. The Morgan fingerprint density at radius 1 is 1.37 bits per heavy atom. The van der Waals surface area contributed by atoms with Crippen molar-refractivity contribution < 1.29 is 0 Å². The summed E-state index contributed by atoms with van der Waals surface area (Å²) in [4.78, 5) is 2.58. The van der Waals surface area contributed by atoms with Crippen LogP contribution in [0.4, 0.5) is 0 Å². The highest BCUT2D eigenvalue weighted by Crippen LogP contribution is 2.20. The fourth-order valence-corrected chi connectivity index (χ4v) is 2.81. The predicted molar refractivity (Wildman–Crippen MR) is 76.9 cm³/mol. The molecule has 2 rings (SSSR count). The van der Waals surface area contributed by atoms with E-state index in [2.05, 4.69) is 41.2 Å². The molecule has 0 bridgehead atoms. The Balaban J connectivity index is 1.81. The second-order valence-corrected chi connectivity index (χ2v) is 6.55. The molecule has 0 aromatic carbocycles. The molecule has 1 fully saturated rings. The summed E-state index contributed by atoms with van der Waals surface area (Å²) in [6.45, 7) is 11.5. The molecule has 1 N–H and O–H groups in total. The second kappa shape index (κ2) is 6.01. The quantitative estimate of drug-likeness (QED) is 0.848. The SMILES string of the molecule is CC(NCC(C)(C)CN1CCCC1)c1nncn1C. The average Bonchev–Trinajstić information content (AvgIpc) is 2.97. The lowest BCUT2D eigenvalue weighted by Crippen LogP contribution is -2.40. The zero-order valence-corrected chi connectivity index (χ0v) is 12.7. The second-order valence-electron chi connectivity index (χ2n) is 6.55. The molecule has 1 aliphatic rings. The van der Waals surface area contributed by atoms with Crippen LogP contribution in [0, 0.1) is 5.41 Å². The average molecular weight is 265 g/mol. The van der Waals surface area contributed by atoms with Crippen molar-refractivity contribution in [3.05, 3.63) is 12.2 Å². The normalized spacial score (nSPS) is 18.9. The largest absolute Gasteiger partial charge is 0.319 e. The van der Waals surface area contributed by atoms with Gasteiger partial charge in [0, 0.05) is 20.1 Å². The monoisotopic (exact) mass is 265 g/mol. The maximum Gasteiger partial charge on any atom is 0.149 e. The molecule has 1 atom stereocenters. The number of hydrogen-bond donors (Lipinski definition) is 1. The number of nitrogens with one attached hydrogen (secondary N) is 1. The Morgan fingerprint density at radius 2 is 2.05 bits per heavy atom. The lowest BCUT2D eigenvalue weighted by atomic mass is 9.92. The molecule has 0 aliphatic carbocycles. The molecule has 1 saturated heterocycles. The highest BCUT2D eigenvalue weighted by molar-refractivity contribution is 4.93. The van der Waals surface area contributed by atoms with Crippen LogP contribution in [0.5, 0.6) is 0 Å². The van der Waals surface area contributed by atoms with Gasteiger partial charge in [-0.2, -0.15) is 0 Å². The van der Waals surface area contributed by atoms with E-state index in [9.17, 15) is 0 Å². The molecule has 1 unspecified atom stereocenters. The van der Waals surface area contributed by atoms with Gasteiger partial charge in [-0.3, -0.25) is 0 Å². The van der Waals surface area contributed by atoms with Crippen molar-refractivity contribution >= 4 is 0 Å². The van der Waals surface area contributed by atoms with Gasteiger partial charge in [0.05, 0.1) is 6.04 Å². The molecule has 1 aromatic rings.